The van der Waals surface area contributed by atoms with Crippen LogP contribution in [0.5, 0.6) is 0 Å². The number of rotatable bonds is 3. The molecule has 0 saturated heterocycles. The molecule has 0 spiro atoms. The minimum Gasteiger partial charge on any atom is -0.480 e. The molecule has 2 aromatic heterocycles. The summed E-state index contributed by atoms with van der Waals surface area (Å²) < 4.78 is 1.66. The number of carbonyl (C=O) groups is 1. The van der Waals surface area contributed by atoms with Crippen molar-refractivity contribution in [2.45, 2.75) is 6.54 Å². The van der Waals surface area contributed by atoms with Crippen molar-refractivity contribution in [1.29, 1.82) is 0 Å². The Kier molecular flexibility index (Phi) is 3.16. The Morgan fingerprint density at radius 1 is 1.08 bits per heavy atom. The molecule has 6 heteroatoms. The van der Waals surface area contributed by atoms with E-state index < -0.39 is 5.97 Å². The lowest BCUT2D eigenvalue weighted by Gasteiger charge is -2.05. The summed E-state index contributed by atoms with van der Waals surface area (Å²) in [6.45, 7) is -0.186. The predicted molar refractivity (Wildman–Crippen MR) is 92.5 cm³/mol. The number of carboxylic acids is 1. The monoisotopic (exact) mass is 318 g/mol. The normalized spacial score (nSPS) is 11.2. The number of anilines is 1. The van der Waals surface area contributed by atoms with Gasteiger partial charge in [-0.15, -0.1) is 0 Å². The largest absolute Gasteiger partial charge is 0.480 e. The highest BCUT2D eigenvalue weighted by Crippen LogP contribution is 2.33. The van der Waals surface area contributed by atoms with Gasteiger partial charge in [0.25, 0.3) is 0 Å². The van der Waals surface area contributed by atoms with Gasteiger partial charge < -0.3 is 15.4 Å². The highest BCUT2D eigenvalue weighted by Gasteiger charge is 2.17. The van der Waals surface area contributed by atoms with Crippen LogP contribution >= 0.6 is 0 Å². The lowest BCUT2D eigenvalue weighted by Crippen LogP contribution is -2.09. The minimum absolute atomic E-state index is 0.186. The maximum Gasteiger partial charge on any atom is 0.323 e. The zero-order valence-corrected chi connectivity index (χ0v) is 12.7. The molecule has 3 N–H and O–H groups in total. The first-order valence-corrected chi connectivity index (χ1v) is 7.45. The second kappa shape index (κ2) is 5.34. The smallest absolute Gasteiger partial charge is 0.323 e. The van der Waals surface area contributed by atoms with E-state index in [4.69, 9.17) is 5.73 Å². The molecule has 0 radical (unpaired) electrons. The molecule has 0 saturated carbocycles. The Labute approximate surface area is 137 Å². The fraction of sp³-hybridized carbons (Fsp3) is 0.0556. The van der Waals surface area contributed by atoms with E-state index in [0.717, 1.165) is 22.0 Å². The van der Waals surface area contributed by atoms with Gasteiger partial charge in [0.15, 0.2) is 0 Å². The predicted octanol–water partition coefficient (Wildman–Crippen LogP) is 2.92. The molecule has 0 amide bonds. The highest BCUT2D eigenvalue weighted by atomic mass is 16.4. The molecule has 24 heavy (non-hydrogen) atoms. The van der Waals surface area contributed by atoms with E-state index in [1.54, 1.807) is 4.57 Å². The summed E-state index contributed by atoms with van der Waals surface area (Å²) in [6.07, 6.45) is 1.35. The number of aliphatic carboxylic acids is 1. The zero-order chi connectivity index (χ0) is 16.7. The fourth-order valence-corrected chi connectivity index (χ4v) is 3.04. The second-order valence-corrected chi connectivity index (χ2v) is 5.54. The van der Waals surface area contributed by atoms with Crippen molar-refractivity contribution in [3.8, 4) is 11.1 Å². The maximum atomic E-state index is 11.3. The molecular formula is C18H14N4O2. The van der Waals surface area contributed by atoms with Gasteiger partial charge in [0.1, 0.15) is 24.3 Å². The summed E-state index contributed by atoms with van der Waals surface area (Å²) in [5, 5.41) is 10.8. The van der Waals surface area contributed by atoms with Gasteiger partial charge in [0, 0.05) is 5.39 Å². The number of hydrogen-bond acceptors (Lipinski definition) is 4. The molecule has 4 rings (SSSR count). The Morgan fingerprint density at radius 3 is 2.62 bits per heavy atom. The van der Waals surface area contributed by atoms with Crippen LogP contribution in [0.1, 0.15) is 0 Å². The fourth-order valence-electron chi connectivity index (χ4n) is 3.04. The van der Waals surface area contributed by atoms with Crippen LogP contribution in [0.3, 0.4) is 0 Å². The van der Waals surface area contributed by atoms with E-state index in [9.17, 15) is 9.90 Å². The number of nitrogens with two attached hydrogens (primary N) is 1. The van der Waals surface area contributed by atoms with Gasteiger partial charge in [-0.25, -0.2) is 9.97 Å². The number of benzene rings is 2. The number of nitrogen functional groups attached to an aromatic ring is 1. The average Bonchev–Trinajstić information content (AvgIpc) is 2.90. The van der Waals surface area contributed by atoms with Gasteiger partial charge in [0.2, 0.25) is 0 Å². The summed E-state index contributed by atoms with van der Waals surface area (Å²) in [7, 11) is 0. The lowest BCUT2D eigenvalue weighted by atomic mass is 10.0. The number of aromatic nitrogens is 3. The zero-order valence-electron chi connectivity index (χ0n) is 12.7. The van der Waals surface area contributed by atoms with Crippen molar-refractivity contribution in [2.24, 2.45) is 0 Å². The molecule has 2 aromatic carbocycles. The van der Waals surface area contributed by atoms with Gasteiger partial charge in [-0.1, -0.05) is 42.5 Å². The van der Waals surface area contributed by atoms with Crippen molar-refractivity contribution >= 4 is 33.7 Å². The number of carboxylic acid groups (broad SMARTS) is 1. The number of fused-ring (bicyclic) bond motifs is 3. The van der Waals surface area contributed by atoms with Crippen LogP contribution in [0.2, 0.25) is 0 Å². The van der Waals surface area contributed by atoms with E-state index in [-0.39, 0.29) is 6.54 Å². The van der Waals surface area contributed by atoms with Crippen LogP contribution < -0.4 is 5.73 Å². The van der Waals surface area contributed by atoms with E-state index >= 15 is 0 Å². The summed E-state index contributed by atoms with van der Waals surface area (Å²) in [5.74, 6) is -0.585. The summed E-state index contributed by atoms with van der Waals surface area (Å²) >= 11 is 0. The summed E-state index contributed by atoms with van der Waals surface area (Å²) in [5.41, 5.74) is 9.38. The van der Waals surface area contributed by atoms with Gasteiger partial charge in [-0.05, 0) is 17.2 Å². The molecule has 0 bridgehead atoms. The van der Waals surface area contributed by atoms with Crippen molar-refractivity contribution in [1.82, 2.24) is 14.5 Å². The van der Waals surface area contributed by atoms with Crippen LogP contribution in [0.25, 0.3) is 33.1 Å². The first-order valence-electron chi connectivity index (χ1n) is 7.45. The topological polar surface area (TPSA) is 94.0 Å². The van der Waals surface area contributed by atoms with Crippen LogP contribution in [0.15, 0.2) is 54.9 Å². The number of hydrogen-bond donors (Lipinski definition) is 2. The molecule has 118 valence electrons. The molecule has 0 aliphatic heterocycles. The third-order valence-electron chi connectivity index (χ3n) is 4.07. The van der Waals surface area contributed by atoms with E-state index in [2.05, 4.69) is 9.97 Å². The summed E-state index contributed by atoms with van der Waals surface area (Å²) in [4.78, 5) is 19.6. The quantitative estimate of drug-likeness (QED) is 0.605. The van der Waals surface area contributed by atoms with Crippen molar-refractivity contribution in [3.63, 3.8) is 0 Å². The van der Waals surface area contributed by atoms with E-state index in [1.165, 1.54) is 6.33 Å². The SMILES string of the molecule is Nc1ncnc2c1c1ccc(-c3ccccc3)cc1n2CC(=O)O. The van der Waals surface area contributed by atoms with Crippen LogP contribution in [0.4, 0.5) is 5.82 Å². The summed E-state index contributed by atoms with van der Waals surface area (Å²) in [6, 6.07) is 15.8. The molecule has 0 aliphatic carbocycles. The first kappa shape index (κ1) is 14.2. The number of nitrogens with zero attached hydrogens (tertiary/aromatic N) is 3. The van der Waals surface area contributed by atoms with Crippen LogP contribution in [-0.4, -0.2) is 25.6 Å². The Bertz CT molecular complexity index is 1070. The molecule has 4 aromatic rings. The molecule has 2 heterocycles. The Balaban J connectivity index is 2.07. The standard InChI is InChI=1S/C18H14N4O2/c19-17-16-13-7-6-12(11-4-2-1-3-5-11)8-14(13)22(9-15(23)24)18(16)21-10-20-17/h1-8,10H,9H2,(H,23,24)(H2,19,20,21). The first-order chi connectivity index (χ1) is 11.6. The molecule has 0 fully saturated rings. The van der Waals surface area contributed by atoms with E-state index in [1.807, 2.05) is 48.5 Å². The highest BCUT2D eigenvalue weighted by molar-refractivity contribution is 6.12. The second-order valence-electron chi connectivity index (χ2n) is 5.54. The maximum absolute atomic E-state index is 11.3. The minimum atomic E-state index is -0.934. The van der Waals surface area contributed by atoms with Crippen LogP contribution in [0, 0.1) is 0 Å². The van der Waals surface area contributed by atoms with Crippen molar-refractivity contribution in [3.05, 3.63) is 54.9 Å². The van der Waals surface area contributed by atoms with Crippen molar-refractivity contribution in [2.75, 3.05) is 5.73 Å². The van der Waals surface area contributed by atoms with Gasteiger partial charge in [-0.2, -0.15) is 0 Å². The van der Waals surface area contributed by atoms with E-state index in [0.29, 0.717) is 16.9 Å². The molecule has 6 nitrogen and oxygen atoms in total. The van der Waals surface area contributed by atoms with Gasteiger partial charge in [0.05, 0.1) is 10.9 Å². The molecule has 0 unspecified atom stereocenters. The molecule has 0 atom stereocenters. The van der Waals surface area contributed by atoms with Gasteiger partial charge >= 0.3 is 5.97 Å². The van der Waals surface area contributed by atoms with Gasteiger partial charge in [-0.3, -0.25) is 4.79 Å². The van der Waals surface area contributed by atoms with Crippen LogP contribution in [-0.2, 0) is 11.3 Å². The molecular weight excluding hydrogens is 304 g/mol. The Morgan fingerprint density at radius 2 is 1.88 bits per heavy atom. The third-order valence-corrected chi connectivity index (χ3v) is 4.07. The van der Waals surface area contributed by atoms with Crippen molar-refractivity contribution < 1.29 is 9.90 Å². The Hall–Kier alpha value is -3.41. The molecule has 0 aliphatic rings. The lowest BCUT2D eigenvalue weighted by molar-refractivity contribution is -0.137. The third kappa shape index (κ3) is 2.16. The average molecular weight is 318 g/mol.